The molecule has 0 aliphatic carbocycles. The van der Waals surface area contributed by atoms with Crippen LogP contribution in [0.5, 0.6) is 0 Å². The minimum atomic E-state index is -0.206. The summed E-state index contributed by atoms with van der Waals surface area (Å²) < 4.78 is 7.22. The van der Waals surface area contributed by atoms with Crippen LogP contribution >= 0.6 is 0 Å². The van der Waals surface area contributed by atoms with Gasteiger partial charge in [0.25, 0.3) is 0 Å². The van der Waals surface area contributed by atoms with E-state index in [0.29, 0.717) is 11.6 Å². The Hall–Kier alpha value is -2.89. The van der Waals surface area contributed by atoms with Gasteiger partial charge in [0, 0.05) is 37.0 Å². The van der Waals surface area contributed by atoms with Crippen LogP contribution in [0.4, 0.5) is 5.69 Å². The highest BCUT2D eigenvalue weighted by atomic mass is 16.3. The summed E-state index contributed by atoms with van der Waals surface area (Å²) in [5.41, 5.74) is 3.02. The van der Waals surface area contributed by atoms with E-state index in [1.165, 1.54) is 6.08 Å². The van der Waals surface area contributed by atoms with Crippen molar-refractivity contribution in [2.45, 2.75) is 13.3 Å². The molecule has 6 nitrogen and oxygen atoms in total. The van der Waals surface area contributed by atoms with E-state index in [-0.39, 0.29) is 5.91 Å². The predicted molar refractivity (Wildman–Crippen MR) is 84.3 cm³/mol. The third-order valence-corrected chi connectivity index (χ3v) is 3.15. The molecule has 0 fully saturated rings. The number of hydrogen-bond acceptors (Lipinski definition) is 4. The van der Waals surface area contributed by atoms with Gasteiger partial charge >= 0.3 is 0 Å². The Morgan fingerprint density at radius 3 is 3.05 bits per heavy atom. The zero-order valence-electron chi connectivity index (χ0n) is 12.4. The number of carbonyl (C=O) groups excluding carboxylic acids is 1. The summed E-state index contributed by atoms with van der Waals surface area (Å²) in [6.07, 6.45) is 7.45. The largest absolute Gasteiger partial charge is 0.441 e. The molecule has 0 atom stereocenters. The first kappa shape index (κ1) is 14.1. The molecular weight excluding hydrogens is 280 g/mol. The van der Waals surface area contributed by atoms with E-state index >= 15 is 0 Å². The van der Waals surface area contributed by atoms with Gasteiger partial charge < -0.3 is 9.73 Å². The van der Waals surface area contributed by atoms with Gasteiger partial charge in [0.2, 0.25) is 5.91 Å². The van der Waals surface area contributed by atoms with Gasteiger partial charge in [0.05, 0.1) is 6.20 Å². The zero-order valence-corrected chi connectivity index (χ0v) is 12.4. The minimum Gasteiger partial charge on any atom is -0.441 e. The van der Waals surface area contributed by atoms with E-state index in [1.54, 1.807) is 29.1 Å². The molecule has 0 bridgehead atoms. The van der Waals surface area contributed by atoms with Crippen molar-refractivity contribution in [2.24, 2.45) is 7.05 Å². The maximum absolute atomic E-state index is 11.9. The molecule has 0 unspecified atom stereocenters. The highest BCUT2D eigenvalue weighted by molar-refractivity contribution is 6.02. The Labute approximate surface area is 127 Å². The molecule has 1 amide bonds. The molecule has 112 valence electrons. The van der Waals surface area contributed by atoms with Gasteiger partial charge in [-0.3, -0.25) is 9.48 Å². The number of fused-ring (bicyclic) bond motifs is 1. The highest BCUT2D eigenvalue weighted by Crippen LogP contribution is 2.20. The number of nitrogens with zero attached hydrogens (tertiary/aromatic N) is 3. The lowest BCUT2D eigenvalue weighted by molar-refractivity contribution is -0.111. The lowest BCUT2D eigenvalue weighted by Gasteiger charge is -2.00. The van der Waals surface area contributed by atoms with Crippen molar-refractivity contribution in [3.8, 4) is 0 Å². The number of anilines is 1. The first-order valence-electron chi connectivity index (χ1n) is 7.01. The second-order valence-electron chi connectivity index (χ2n) is 4.91. The summed E-state index contributed by atoms with van der Waals surface area (Å²) >= 11 is 0. The van der Waals surface area contributed by atoms with Crippen molar-refractivity contribution in [1.29, 1.82) is 0 Å². The molecule has 0 radical (unpaired) electrons. The Kier molecular flexibility index (Phi) is 3.74. The number of amides is 1. The van der Waals surface area contributed by atoms with Gasteiger partial charge in [0.1, 0.15) is 5.52 Å². The number of rotatable bonds is 4. The van der Waals surface area contributed by atoms with Crippen molar-refractivity contribution in [2.75, 3.05) is 5.32 Å². The Morgan fingerprint density at radius 2 is 2.32 bits per heavy atom. The van der Waals surface area contributed by atoms with Crippen LogP contribution in [-0.2, 0) is 18.3 Å². The number of nitrogens with one attached hydrogen (secondary N) is 1. The van der Waals surface area contributed by atoms with Crippen LogP contribution in [0.15, 0.2) is 41.1 Å². The minimum absolute atomic E-state index is 0.206. The fourth-order valence-corrected chi connectivity index (χ4v) is 2.09. The topological polar surface area (TPSA) is 73.0 Å². The van der Waals surface area contributed by atoms with Crippen molar-refractivity contribution >= 4 is 28.8 Å². The van der Waals surface area contributed by atoms with E-state index < -0.39 is 0 Å². The monoisotopic (exact) mass is 296 g/mol. The summed E-state index contributed by atoms with van der Waals surface area (Å²) in [7, 11) is 1.83. The standard InChI is InChI=1S/C16H16N4O2/c1-3-16-19-13-8-12(5-6-14(13)22-16)18-15(21)7-4-11-9-17-20(2)10-11/h4-10H,3H2,1-2H3,(H,18,21). The van der Waals surface area contributed by atoms with Crippen LogP contribution in [0.1, 0.15) is 18.4 Å². The van der Waals surface area contributed by atoms with Gasteiger partial charge in [-0.2, -0.15) is 5.10 Å². The van der Waals surface area contributed by atoms with Crippen LogP contribution < -0.4 is 5.32 Å². The molecular formula is C16H16N4O2. The molecule has 6 heteroatoms. The summed E-state index contributed by atoms with van der Waals surface area (Å²) in [5.74, 6) is 0.484. The van der Waals surface area contributed by atoms with E-state index in [9.17, 15) is 4.79 Å². The van der Waals surface area contributed by atoms with Crippen LogP contribution in [-0.4, -0.2) is 20.7 Å². The maximum Gasteiger partial charge on any atom is 0.248 e. The van der Waals surface area contributed by atoms with Crippen LogP contribution in [0.3, 0.4) is 0 Å². The van der Waals surface area contributed by atoms with Crippen LogP contribution in [0.25, 0.3) is 17.2 Å². The van der Waals surface area contributed by atoms with Gasteiger partial charge in [0.15, 0.2) is 11.5 Å². The van der Waals surface area contributed by atoms with E-state index in [4.69, 9.17) is 4.42 Å². The molecule has 0 saturated carbocycles. The molecule has 0 saturated heterocycles. The molecule has 1 aromatic carbocycles. The fraction of sp³-hybridized carbons (Fsp3) is 0.188. The van der Waals surface area contributed by atoms with Gasteiger partial charge in [-0.15, -0.1) is 0 Å². The second-order valence-corrected chi connectivity index (χ2v) is 4.91. The van der Waals surface area contributed by atoms with Gasteiger partial charge in [-0.25, -0.2) is 4.98 Å². The fourth-order valence-electron chi connectivity index (χ4n) is 2.09. The van der Waals surface area contributed by atoms with E-state index in [0.717, 1.165) is 23.1 Å². The lowest BCUT2D eigenvalue weighted by atomic mass is 10.2. The van der Waals surface area contributed by atoms with Crippen LogP contribution in [0, 0.1) is 0 Å². The number of hydrogen-bond donors (Lipinski definition) is 1. The normalized spacial score (nSPS) is 11.4. The van der Waals surface area contributed by atoms with Crippen molar-refractivity contribution < 1.29 is 9.21 Å². The average Bonchev–Trinajstić information content (AvgIpc) is 3.10. The average molecular weight is 296 g/mol. The van der Waals surface area contributed by atoms with E-state index in [1.807, 2.05) is 26.2 Å². The third-order valence-electron chi connectivity index (χ3n) is 3.15. The lowest BCUT2D eigenvalue weighted by Crippen LogP contribution is -2.07. The molecule has 0 aliphatic rings. The molecule has 3 aromatic rings. The zero-order chi connectivity index (χ0) is 15.5. The highest BCUT2D eigenvalue weighted by Gasteiger charge is 2.06. The number of benzene rings is 1. The molecule has 2 aromatic heterocycles. The number of oxazole rings is 1. The van der Waals surface area contributed by atoms with Crippen molar-refractivity contribution in [3.63, 3.8) is 0 Å². The molecule has 0 spiro atoms. The van der Waals surface area contributed by atoms with E-state index in [2.05, 4.69) is 15.4 Å². The quantitative estimate of drug-likeness (QED) is 0.751. The SMILES string of the molecule is CCc1nc2cc(NC(=O)C=Cc3cnn(C)c3)ccc2o1. The van der Waals surface area contributed by atoms with Crippen molar-refractivity contribution in [3.05, 3.63) is 48.1 Å². The van der Waals surface area contributed by atoms with Crippen molar-refractivity contribution in [1.82, 2.24) is 14.8 Å². The summed E-state index contributed by atoms with van der Waals surface area (Å²) in [5, 5.41) is 6.84. The Bertz CT molecular complexity index is 845. The second kappa shape index (κ2) is 5.85. The Balaban J connectivity index is 1.71. The molecule has 22 heavy (non-hydrogen) atoms. The first-order chi connectivity index (χ1) is 10.6. The predicted octanol–water partition coefficient (Wildman–Crippen LogP) is 2.78. The number of aryl methyl sites for hydroxylation is 2. The van der Waals surface area contributed by atoms with Gasteiger partial charge in [-0.1, -0.05) is 6.92 Å². The molecule has 2 heterocycles. The Morgan fingerprint density at radius 1 is 1.45 bits per heavy atom. The summed E-state index contributed by atoms with van der Waals surface area (Å²) in [6.45, 7) is 1.98. The molecule has 3 rings (SSSR count). The third kappa shape index (κ3) is 3.06. The number of aromatic nitrogens is 3. The molecule has 0 aliphatic heterocycles. The summed E-state index contributed by atoms with van der Waals surface area (Å²) in [6, 6.07) is 5.40. The maximum atomic E-state index is 11.9. The molecule has 1 N–H and O–H groups in total. The first-order valence-corrected chi connectivity index (χ1v) is 7.01. The smallest absolute Gasteiger partial charge is 0.248 e. The summed E-state index contributed by atoms with van der Waals surface area (Å²) in [4.78, 5) is 16.3. The van der Waals surface area contributed by atoms with Crippen LogP contribution in [0.2, 0.25) is 0 Å². The van der Waals surface area contributed by atoms with Gasteiger partial charge in [-0.05, 0) is 24.3 Å². The number of carbonyl (C=O) groups is 1.